The summed E-state index contributed by atoms with van der Waals surface area (Å²) in [6.07, 6.45) is 2.49. The molecule has 0 unspecified atom stereocenters. The summed E-state index contributed by atoms with van der Waals surface area (Å²) in [5.41, 5.74) is 4.81. The van der Waals surface area contributed by atoms with Gasteiger partial charge in [-0.05, 0) is 74.2 Å². The Balaban J connectivity index is 1.87. The fraction of sp³-hybridized carbons (Fsp3) is 0.500. The minimum atomic E-state index is -2.91. The van der Waals surface area contributed by atoms with Gasteiger partial charge in [0.15, 0.2) is 0 Å². The van der Waals surface area contributed by atoms with Crippen LogP contribution in [0.15, 0.2) is 36.4 Å². The number of hydrogen-bond donors (Lipinski definition) is 0. The van der Waals surface area contributed by atoms with Crippen LogP contribution in [0.1, 0.15) is 37.8 Å². The Hall–Kier alpha value is -1.77. The van der Waals surface area contributed by atoms with E-state index in [1.807, 2.05) is 0 Å². The van der Waals surface area contributed by atoms with Gasteiger partial charge in [0.1, 0.15) is 0 Å². The molecule has 0 aliphatic carbocycles. The van der Waals surface area contributed by atoms with E-state index in [0.717, 1.165) is 49.9 Å². The van der Waals surface area contributed by atoms with Crippen molar-refractivity contribution in [2.45, 2.75) is 40.5 Å². The summed E-state index contributed by atoms with van der Waals surface area (Å²) >= 11 is 0. The van der Waals surface area contributed by atoms with Crippen LogP contribution in [-0.4, -0.2) is 43.9 Å². The summed E-state index contributed by atoms with van der Waals surface area (Å²) in [5.74, 6) is 0. The lowest BCUT2D eigenvalue weighted by Gasteiger charge is -2.37. The second-order valence-corrected chi connectivity index (χ2v) is 11.2. The lowest BCUT2D eigenvalue weighted by molar-refractivity contribution is 0.458. The highest BCUT2D eigenvalue weighted by atomic mass is 31.2. The Labute approximate surface area is 175 Å². The zero-order valence-corrected chi connectivity index (χ0v) is 19.2. The summed E-state index contributed by atoms with van der Waals surface area (Å²) < 4.78 is 17.1. The number of anilines is 2. The van der Waals surface area contributed by atoms with Crippen molar-refractivity contribution in [2.24, 2.45) is 0 Å². The first-order valence-electron chi connectivity index (χ1n) is 11.1. The van der Waals surface area contributed by atoms with E-state index < -0.39 is 7.29 Å². The van der Waals surface area contributed by atoms with Crippen LogP contribution >= 0.6 is 7.29 Å². The third-order valence-corrected chi connectivity index (χ3v) is 9.64. The molecular formula is C24H34N3OP. The predicted molar refractivity (Wildman–Crippen MR) is 126 cm³/mol. The second kappa shape index (κ2) is 8.16. The Morgan fingerprint density at radius 2 is 1.17 bits per heavy atom. The molecule has 2 aromatic carbocycles. The van der Waals surface area contributed by atoms with Crippen LogP contribution in [0.4, 0.5) is 11.4 Å². The third-order valence-electron chi connectivity index (χ3n) is 6.36. The summed E-state index contributed by atoms with van der Waals surface area (Å²) in [5, 5.41) is 1.95. The maximum Gasteiger partial charge on any atom is 0.207 e. The quantitative estimate of drug-likeness (QED) is 0.635. The molecule has 0 aromatic heterocycles. The molecule has 0 saturated carbocycles. The molecule has 2 aliphatic heterocycles. The highest BCUT2D eigenvalue weighted by Gasteiger charge is 2.35. The standard InChI is InChI=1S/C24H34N3OP/c1-5-27(6-2)29(28,23-15-19(3)13-21(17-23)25-9-7-10-25)24-16-20(4)14-22(18-24)26-11-8-12-26/h13-18H,5-12H2,1-4H3. The van der Waals surface area contributed by atoms with Gasteiger partial charge < -0.3 is 9.80 Å². The lowest BCUT2D eigenvalue weighted by atomic mass is 10.1. The van der Waals surface area contributed by atoms with Crippen LogP contribution in [-0.2, 0) is 4.57 Å². The van der Waals surface area contributed by atoms with Crippen LogP contribution in [0.2, 0.25) is 0 Å². The van der Waals surface area contributed by atoms with Crippen LogP contribution in [0.25, 0.3) is 0 Å². The molecule has 156 valence electrons. The van der Waals surface area contributed by atoms with Gasteiger partial charge in [0, 0.05) is 61.3 Å². The first kappa shape index (κ1) is 20.5. The molecule has 5 heteroatoms. The summed E-state index contributed by atoms with van der Waals surface area (Å²) in [7, 11) is -2.91. The number of hydrogen-bond acceptors (Lipinski definition) is 3. The molecule has 0 spiro atoms. The Morgan fingerprint density at radius 1 is 0.759 bits per heavy atom. The van der Waals surface area contributed by atoms with E-state index in [1.54, 1.807) is 0 Å². The van der Waals surface area contributed by atoms with Crippen molar-refractivity contribution in [1.82, 2.24) is 4.67 Å². The average Bonchev–Trinajstić information content (AvgIpc) is 2.58. The highest BCUT2D eigenvalue weighted by molar-refractivity contribution is 7.76. The van der Waals surface area contributed by atoms with Gasteiger partial charge in [0.25, 0.3) is 0 Å². The topological polar surface area (TPSA) is 26.8 Å². The normalized spacial score (nSPS) is 16.7. The molecule has 2 saturated heterocycles. The maximum absolute atomic E-state index is 14.9. The van der Waals surface area contributed by atoms with E-state index in [1.165, 1.54) is 35.3 Å². The molecular weight excluding hydrogens is 377 g/mol. The third kappa shape index (κ3) is 3.73. The zero-order valence-electron chi connectivity index (χ0n) is 18.3. The van der Waals surface area contributed by atoms with E-state index in [-0.39, 0.29) is 0 Å². The number of rotatable bonds is 7. The van der Waals surface area contributed by atoms with Crippen LogP contribution in [0.3, 0.4) is 0 Å². The molecule has 2 aromatic rings. The molecule has 0 atom stereocenters. The summed E-state index contributed by atoms with van der Waals surface area (Å²) in [4.78, 5) is 4.79. The highest BCUT2D eigenvalue weighted by Crippen LogP contribution is 2.49. The van der Waals surface area contributed by atoms with Crippen molar-refractivity contribution in [3.63, 3.8) is 0 Å². The zero-order chi connectivity index (χ0) is 20.6. The van der Waals surface area contributed by atoms with Crippen molar-refractivity contribution in [2.75, 3.05) is 49.1 Å². The van der Waals surface area contributed by atoms with Crippen LogP contribution < -0.4 is 20.4 Å². The van der Waals surface area contributed by atoms with Crippen LogP contribution in [0.5, 0.6) is 0 Å². The SMILES string of the molecule is CCN(CC)P(=O)(c1cc(C)cc(N2CCC2)c1)c1cc(C)cc(N2CCC2)c1. The van der Waals surface area contributed by atoms with Crippen molar-refractivity contribution < 1.29 is 4.57 Å². The maximum atomic E-state index is 14.9. The van der Waals surface area contributed by atoms with Gasteiger partial charge >= 0.3 is 0 Å². The smallest absolute Gasteiger partial charge is 0.207 e. The van der Waals surface area contributed by atoms with Gasteiger partial charge in [-0.1, -0.05) is 13.8 Å². The molecule has 0 N–H and O–H groups in total. The van der Waals surface area contributed by atoms with E-state index in [0.29, 0.717) is 0 Å². The monoisotopic (exact) mass is 411 g/mol. The van der Waals surface area contributed by atoms with Crippen molar-refractivity contribution >= 4 is 29.3 Å². The first-order chi connectivity index (χ1) is 14.0. The van der Waals surface area contributed by atoms with E-state index in [4.69, 9.17) is 0 Å². The molecule has 4 rings (SSSR count). The molecule has 2 heterocycles. The largest absolute Gasteiger partial charge is 0.371 e. The minimum absolute atomic E-state index is 0.772. The second-order valence-electron chi connectivity index (χ2n) is 8.45. The number of nitrogens with zero attached hydrogens (tertiary/aromatic N) is 3. The fourth-order valence-corrected chi connectivity index (χ4v) is 7.57. The van der Waals surface area contributed by atoms with Gasteiger partial charge in [-0.2, -0.15) is 0 Å². The minimum Gasteiger partial charge on any atom is -0.371 e. The fourth-order valence-electron chi connectivity index (χ4n) is 4.45. The first-order valence-corrected chi connectivity index (χ1v) is 12.7. The predicted octanol–water partition coefficient (Wildman–Crippen LogP) is 4.29. The van der Waals surface area contributed by atoms with Crippen LogP contribution in [0, 0.1) is 13.8 Å². The molecule has 0 radical (unpaired) electrons. The van der Waals surface area contributed by atoms with E-state index >= 15 is 0 Å². The van der Waals surface area contributed by atoms with E-state index in [9.17, 15) is 4.57 Å². The van der Waals surface area contributed by atoms with Gasteiger partial charge in [0.2, 0.25) is 7.29 Å². The van der Waals surface area contributed by atoms with Gasteiger partial charge in [-0.3, -0.25) is 4.57 Å². The van der Waals surface area contributed by atoms with E-state index in [2.05, 4.69) is 78.6 Å². The Kier molecular flexibility index (Phi) is 5.77. The average molecular weight is 412 g/mol. The lowest BCUT2D eigenvalue weighted by Crippen LogP contribution is -2.39. The summed E-state index contributed by atoms with van der Waals surface area (Å²) in [6, 6.07) is 13.1. The number of aryl methyl sites for hydroxylation is 2. The molecule has 0 bridgehead atoms. The molecule has 2 fully saturated rings. The van der Waals surface area contributed by atoms with Crippen molar-refractivity contribution in [3.05, 3.63) is 47.5 Å². The van der Waals surface area contributed by atoms with Gasteiger partial charge in [0.05, 0.1) is 0 Å². The molecule has 2 aliphatic rings. The van der Waals surface area contributed by atoms with Gasteiger partial charge in [-0.25, -0.2) is 4.67 Å². The molecule has 4 nitrogen and oxygen atoms in total. The summed E-state index contributed by atoms with van der Waals surface area (Å²) in [6.45, 7) is 14.4. The van der Waals surface area contributed by atoms with Gasteiger partial charge in [-0.15, -0.1) is 0 Å². The Bertz CT molecular complexity index is 862. The molecule has 29 heavy (non-hydrogen) atoms. The molecule has 0 amide bonds. The number of benzene rings is 2. The van der Waals surface area contributed by atoms with Crippen molar-refractivity contribution in [1.29, 1.82) is 0 Å². The Morgan fingerprint density at radius 3 is 1.48 bits per heavy atom. The van der Waals surface area contributed by atoms with Crippen molar-refractivity contribution in [3.8, 4) is 0 Å².